The number of hydrogen-bond acceptors (Lipinski definition) is 3. The molecular formula is C18H21N5. The van der Waals surface area contributed by atoms with Crippen LogP contribution in [0.2, 0.25) is 0 Å². The van der Waals surface area contributed by atoms with Crippen molar-refractivity contribution in [2.75, 3.05) is 6.54 Å². The molecule has 0 N–H and O–H groups in total. The van der Waals surface area contributed by atoms with Gasteiger partial charge in [-0.05, 0) is 25.0 Å². The normalized spacial score (nSPS) is 18.5. The molecule has 3 aromatic rings. The second-order valence-corrected chi connectivity index (χ2v) is 6.86. The number of fused-ring (bicyclic) bond motifs is 2. The molecule has 1 aliphatic heterocycles. The smallest absolute Gasteiger partial charge is 0.137 e. The Morgan fingerprint density at radius 1 is 1.22 bits per heavy atom. The summed E-state index contributed by atoms with van der Waals surface area (Å²) < 4.78 is 4.45. The summed E-state index contributed by atoms with van der Waals surface area (Å²) in [6.07, 6.45) is 7.92. The summed E-state index contributed by atoms with van der Waals surface area (Å²) in [5.41, 5.74) is 4.88. The highest BCUT2D eigenvalue weighted by molar-refractivity contribution is 5.39. The van der Waals surface area contributed by atoms with E-state index in [9.17, 15) is 0 Å². The Bertz CT molecular complexity index is 838. The van der Waals surface area contributed by atoms with Gasteiger partial charge in [-0.3, -0.25) is 4.90 Å². The summed E-state index contributed by atoms with van der Waals surface area (Å²) in [6.45, 7) is 2.94. The first-order valence-corrected chi connectivity index (χ1v) is 8.47. The molecule has 0 atom stereocenters. The van der Waals surface area contributed by atoms with E-state index in [1.54, 1.807) is 0 Å². The zero-order valence-electron chi connectivity index (χ0n) is 13.4. The van der Waals surface area contributed by atoms with Crippen molar-refractivity contribution in [2.45, 2.75) is 38.3 Å². The summed E-state index contributed by atoms with van der Waals surface area (Å²) in [5.74, 6) is 2.03. The van der Waals surface area contributed by atoms with Crippen molar-refractivity contribution in [3.8, 4) is 0 Å². The molecule has 1 aliphatic carbocycles. The van der Waals surface area contributed by atoms with Crippen molar-refractivity contribution in [2.24, 2.45) is 7.05 Å². The molecule has 0 spiro atoms. The minimum absolute atomic E-state index is 0.720. The monoisotopic (exact) mass is 307 g/mol. The van der Waals surface area contributed by atoms with Crippen LogP contribution in [-0.2, 0) is 26.6 Å². The van der Waals surface area contributed by atoms with Gasteiger partial charge in [0.25, 0.3) is 0 Å². The summed E-state index contributed by atoms with van der Waals surface area (Å²) >= 11 is 0. The predicted molar refractivity (Wildman–Crippen MR) is 88.2 cm³/mol. The van der Waals surface area contributed by atoms with Gasteiger partial charge in [0.1, 0.15) is 11.5 Å². The second-order valence-electron chi connectivity index (χ2n) is 6.86. The van der Waals surface area contributed by atoms with Crippen LogP contribution in [0.15, 0.2) is 30.6 Å². The molecule has 5 heteroatoms. The molecule has 3 aromatic heterocycles. The molecule has 1 saturated carbocycles. The van der Waals surface area contributed by atoms with Gasteiger partial charge >= 0.3 is 0 Å². The molecule has 4 heterocycles. The maximum atomic E-state index is 4.94. The molecule has 0 radical (unpaired) electrons. The summed E-state index contributed by atoms with van der Waals surface area (Å²) in [7, 11) is 2.19. The van der Waals surface area contributed by atoms with E-state index in [0.717, 1.165) is 43.3 Å². The van der Waals surface area contributed by atoms with E-state index in [4.69, 9.17) is 9.97 Å². The molecule has 118 valence electrons. The highest BCUT2D eigenvalue weighted by Gasteiger charge is 2.31. The van der Waals surface area contributed by atoms with E-state index in [1.165, 1.54) is 30.1 Å². The van der Waals surface area contributed by atoms with E-state index in [1.807, 2.05) is 12.1 Å². The van der Waals surface area contributed by atoms with Crippen LogP contribution in [0.3, 0.4) is 0 Å². The summed E-state index contributed by atoms with van der Waals surface area (Å²) in [4.78, 5) is 12.1. The average molecular weight is 307 g/mol. The largest absolute Gasteiger partial charge is 0.335 e. The van der Waals surface area contributed by atoms with Crippen LogP contribution in [0, 0.1) is 0 Å². The molecule has 5 rings (SSSR count). The lowest BCUT2D eigenvalue weighted by molar-refractivity contribution is 0.237. The van der Waals surface area contributed by atoms with Crippen molar-refractivity contribution in [1.29, 1.82) is 0 Å². The molecule has 1 fully saturated rings. The minimum atomic E-state index is 0.720. The van der Waals surface area contributed by atoms with Gasteiger partial charge in [-0.15, -0.1) is 0 Å². The van der Waals surface area contributed by atoms with Crippen LogP contribution in [0.4, 0.5) is 0 Å². The Morgan fingerprint density at radius 2 is 2.13 bits per heavy atom. The molecule has 0 bridgehead atoms. The van der Waals surface area contributed by atoms with Crippen molar-refractivity contribution in [3.05, 3.63) is 53.5 Å². The lowest BCUT2D eigenvalue weighted by Gasteiger charge is -2.25. The summed E-state index contributed by atoms with van der Waals surface area (Å²) in [5, 5.41) is 0. The first-order chi connectivity index (χ1) is 11.3. The molecule has 0 unspecified atom stereocenters. The van der Waals surface area contributed by atoms with E-state index >= 15 is 0 Å². The lowest BCUT2D eigenvalue weighted by Crippen LogP contribution is -2.30. The number of nitrogens with zero attached hydrogens (tertiary/aromatic N) is 5. The van der Waals surface area contributed by atoms with Gasteiger partial charge in [0, 0.05) is 57.1 Å². The van der Waals surface area contributed by atoms with Crippen LogP contribution in [0.5, 0.6) is 0 Å². The first-order valence-electron chi connectivity index (χ1n) is 8.47. The Balaban J connectivity index is 1.37. The quantitative estimate of drug-likeness (QED) is 0.746. The molecule has 0 aromatic carbocycles. The van der Waals surface area contributed by atoms with Gasteiger partial charge in [0.15, 0.2) is 0 Å². The third-order valence-corrected chi connectivity index (χ3v) is 5.11. The molecule has 23 heavy (non-hydrogen) atoms. The number of aromatic nitrogens is 4. The number of imidazole rings is 2. The van der Waals surface area contributed by atoms with Crippen LogP contribution in [0.1, 0.15) is 41.7 Å². The standard InChI is InChI=1S/C18H21N5/c1-21-16-7-9-22(12-15(16)20-18(21)13-5-6-13)10-14-11-23-8-3-2-4-17(23)19-14/h2-4,8,11,13H,5-7,9-10,12H2,1H3. The average Bonchev–Trinajstić information content (AvgIpc) is 3.24. The van der Waals surface area contributed by atoms with E-state index in [2.05, 4.69) is 39.4 Å². The van der Waals surface area contributed by atoms with Crippen LogP contribution < -0.4 is 0 Å². The van der Waals surface area contributed by atoms with Gasteiger partial charge in [-0.25, -0.2) is 9.97 Å². The number of rotatable bonds is 3. The Hall–Kier alpha value is -2.14. The van der Waals surface area contributed by atoms with Crippen molar-refractivity contribution < 1.29 is 0 Å². The van der Waals surface area contributed by atoms with Crippen molar-refractivity contribution >= 4 is 5.65 Å². The van der Waals surface area contributed by atoms with Gasteiger partial charge in [-0.2, -0.15) is 0 Å². The van der Waals surface area contributed by atoms with Crippen LogP contribution >= 0.6 is 0 Å². The van der Waals surface area contributed by atoms with E-state index < -0.39 is 0 Å². The third-order valence-electron chi connectivity index (χ3n) is 5.11. The Kier molecular flexibility index (Phi) is 2.85. The zero-order chi connectivity index (χ0) is 15.4. The highest BCUT2D eigenvalue weighted by atomic mass is 15.2. The van der Waals surface area contributed by atoms with Crippen LogP contribution in [-0.4, -0.2) is 30.4 Å². The van der Waals surface area contributed by atoms with Crippen LogP contribution in [0.25, 0.3) is 5.65 Å². The van der Waals surface area contributed by atoms with Gasteiger partial charge in [0.2, 0.25) is 0 Å². The molecule has 2 aliphatic rings. The third kappa shape index (κ3) is 2.27. The van der Waals surface area contributed by atoms with Crippen molar-refractivity contribution in [3.63, 3.8) is 0 Å². The second kappa shape index (κ2) is 4.93. The van der Waals surface area contributed by atoms with Crippen molar-refractivity contribution in [1.82, 2.24) is 23.8 Å². The predicted octanol–water partition coefficient (Wildman–Crippen LogP) is 2.50. The van der Waals surface area contributed by atoms with Gasteiger partial charge in [0.05, 0.1) is 11.4 Å². The Morgan fingerprint density at radius 3 is 2.96 bits per heavy atom. The van der Waals surface area contributed by atoms with E-state index in [-0.39, 0.29) is 0 Å². The number of hydrogen-bond donors (Lipinski definition) is 0. The maximum Gasteiger partial charge on any atom is 0.137 e. The molecular weight excluding hydrogens is 286 g/mol. The Labute approximate surface area is 135 Å². The highest BCUT2D eigenvalue weighted by Crippen LogP contribution is 2.40. The SMILES string of the molecule is Cn1c(C2CC2)nc2c1CCN(Cc1cn3ccccc3n1)C2. The summed E-state index contributed by atoms with van der Waals surface area (Å²) in [6, 6.07) is 6.13. The minimum Gasteiger partial charge on any atom is -0.335 e. The zero-order valence-corrected chi connectivity index (χ0v) is 13.4. The molecule has 5 nitrogen and oxygen atoms in total. The molecule has 0 saturated heterocycles. The lowest BCUT2D eigenvalue weighted by atomic mass is 10.1. The fourth-order valence-electron chi connectivity index (χ4n) is 3.74. The van der Waals surface area contributed by atoms with Gasteiger partial charge in [-0.1, -0.05) is 6.07 Å². The molecule has 0 amide bonds. The fourth-order valence-corrected chi connectivity index (χ4v) is 3.74. The van der Waals surface area contributed by atoms with Gasteiger partial charge < -0.3 is 8.97 Å². The topological polar surface area (TPSA) is 38.4 Å². The first kappa shape index (κ1) is 13.3. The maximum absolute atomic E-state index is 4.94. The number of pyridine rings is 1. The van der Waals surface area contributed by atoms with E-state index in [0.29, 0.717) is 0 Å². The fraction of sp³-hybridized carbons (Fsp3) is 0.444.